The third kappa shape index (κ3) is 4.56. The largest absolute Gasteiger partial charge is 0.471 e. The molecule has 0 fully saturated rings. The molecule has 1 aromatic rings. The molecule has 0 aliphatic heterocycles. The van der Waals surface area contributed by atoms with Crippen LogP contribution in [0.15, 0.2) is 6.07 Å². The first-order valence-corrected chi connectivity index (χ1v) is 6.01. The van der Waals surface area contributed by atoms with Crippen molar-refractivity contribution in [2.45, 2.75) is 46.7 Å². The van der Waals surface area contributed by atoms with Gasteiger partial charge in [-0.2, -0.15) is 0 Å². The van der Waals surface area contributed by atoms with Crippen molar-refractivity contribution >= 4 is 0 Å². The van der Waals surface area contributed by atoms with Gasteiger partial charge in [-0.05, 0) is 25.5 Å². The highest BCUT2D eigenvalue weighted by Gasteiger charge is 2.13. The maximum Gasteiger partial charge on any atom is 0.272 e. The van der Waals surface area contributed by atoms with E-state index in [0.29, 0.717) is 18.5 Å². The van der Waals surface area contributed by atoms with Crippen molar-refractivity contribution in [3.8, 4) is 5.88 Å². The summed E-state index contributed by atoms with van der Waals surface area (Å²) in [5.41, 5.74) is 2.61. The van der Waals surface area contributed by atoms with E-state index in [0.717, 1.165) is 16.8 Å². The SMILES string of the molecule is Cc1cc(C)c(CNC(C)C)c(OCC(F)F)n1. The van der Waals surface area contributed by atoms with Crippen molar-refractivity contribution in [3.63, 3.8) is 0 Å². The molecule has 0 aromatic carbocycles. The van der Waals surface area contributed by atoms with Gasteiger partial charge in [-0.15, -0.1) is 0 Å². The molecule has 0 spiro atoms. The number of aryl methyl sites for hydroxylation is 2. The standard InChI is InChI=1S/C13H20F2N2O/c1-8(2)16-6-11-9(3)5-10(4)17-13(11)18-7-12(14)15/h5,8,12,16H,6-7H2,1-4H3. The van der Waals surface area contributed by atoms with Gasteiger partial charge in [0.05, 0.1) is 0 Å². The minimum Gasteiger partial charge on any atom is -0.471 e. The van der Waals surface area contributed by atoms with Crippen LogP contribution in [-0.2, 0) is 6.54 Å². The number of hydrogen-bond acceptors (Lipinski definition) is 3. The van der Waals surface area contributed by atoms with Gasteiger partial charge in [0.25, 0.3) is 6.43 Å². The van der Waals surface area contributed by atoms with Crippen LogP contribution in [0.5, 0.6) is 5.88 Å². The minimum absolute atomic E-state index is 0.306. The Hall–Kier alpha value is -1.23. The summed E-state index contributed by atoms with van der Waals surface area (Å²) in [5, 5.41) is 3.24. The number of ether oxygens (including phenoxy) is 1. The van der Waals surface area contributed by atoms with Gasteiger partial charge in [0.15, 0.2) is 6.61 Å². The lowest BCUT2D eigenvalue weighted by Gasteiger charge is -2.15. The van der Waals surface area contributed by atoms with Crippen LogP contribution in [0, 0.1) is 13.8 Å². The molecule has 18 heavy (non-hydrogen) atoms. The van der Waals surface area contributed by atoms with Gasteiger partial charge in [0.1, 0.15) is 0 Å². The zero-order chi connectivity index (χ0) is 13.7. The van der Waals surface area contributed by atoms with Crippen molar-refractivity contribution in [1.82, 2.24) is 10.3 Å². The Balaban J connectivity index is 2.89. The Bertz CT molecular complexity index is 395. The maximum atomic E-state index is 12.2. The summed E-state index contributed by atoms with van der Waals surface area (Å²) in [6, 6.07) is 2.24. The molecular formula is C13H20F2N2O. The fourth-order valence-electron chi connectivity index (χ4n) is 1.61. The predicted molar refractivity (Wildman–Crippen MR) is 67.2 cm³/mol. The molecule has 0 atom stereocenters. The number of rotatable bonds is 6. The highest BCUT2D eigenvalue weighted by atomic mass is 19.3. The van der Waals surface area contributed by atoms with Gasteiger partial charge >= 0.3 is 0 Å². The lowest BCUT2D eigenvalue weighted by Crippen LogP contribution is -2.23. The third-order valence-corrected chi connectivity index (χ3v) is 2.47. The van der Waals surface area contributed by atoms with Crippen LogP contribution in [0.25, 0.3) is 0 Å². The number of hydrogen-bond donors (Lipinski definition) is 1. The molecule has 3 nitrogen and oxygen atoms in total. The van der Waals surface area contributed by atoms with E-state index < -0.39 is 13.0 Å². The molecule has 0 radical (unpaired) electrons. The number of pyridine rings is 1. The summed E-state index contributed by atoms with van der Waals surface area (Å²) in [6.45, 7) is 7.75. The molecule has 0 saturated carbocycles. The quantitative estimate of drug-likeness (QED) is 0.852. The zero-order valence-corrected chi connectivity index (χ0v) is 11.3. The predicted octanol–water partition coefficient (Wildman–Crippen LogP) is 2.84. The van der Waals surface area contributed by atoms with Crippen LogP contribution in [0.4, 0.5) is 8.78 Å². The molecule has 1 aromatic heterocycles. The maximum absolute atomic E-state index is 12.2. The lowest BCUT2D eigenvalue weighted by atomic mass is 10.1. The molecule has 1 N–H and O–H groups in total. The van der Waals surface area contributed by atoms with Gasteiger partial charge in [-0.1, -0.05) is 13.8 Å². The average molecular weight is 258 g/mol. The smallest absolute Gasteiger partial charge is 0.272 e. The van der Waals surface area contributed by atoms with E-state index in [2.05, 4.69) is 10.3 Å². The highest BCUT2D eigenvalue weighted by molar-refractivity contribution is 5.35. The van der Waals surface area contributed by atoms with Gasteiger partial charge in [0.2, 0.25) is 5.88 Å². The molecule has 0 aliphatic carbocycles. The van der Waals surface area contributed by atoms with Gasteiger partial charge in [-0.25, -0.2) is 13.8 Å². The van der Waals surface area contributed by atoms with E-state index in [9.17, 15) is 8.78 Å². The van der Waals surface area contributed by atoms with E-state index >= 15 is 0 Å². The molecule has 0 unspecified atom stereocenters. The lowest BCUT2D eigenvalue weighted by molar-refractivity contribution is 0.0788. The van der Waals surface area contributed by atoms with E-state index in [4.69, 9.17) is 4.74 Å². The second-order valence-electron chi connectivity index (χ2n) is 4.60. The van der Waals surface area contributed by atoms with E-state index in [1.165, 1.54) is 0 Å². The summed E-state index contributed by atoms with van der Waals surface area (Å²) >= 11 is 0. The fraction of sp³-hybridized carbons (Fsp3) is 0.615. The first-order valence-electron chi connectivity index (χ1n) is 6.01. The Morgan fingerprint density at radius 1 is 1.33 bits per heavy atom. The molecule has 1 rings (SSSR count). The van der Waals surface area contributed by atoms with Crippen molar-refractivity contribution < 1.29 is 13.5 Å². The van der Waals surface area contributed by atoms with Crippen molar-refractivity contribution in [3.05, 3.63) is 22.9 Å². The van der Waals surface area contributed by atoms with Crippen molar-refractivity contribution in [1.29, 1.82) is 0 Å². The number of aromatic nitrogens is 1. The van der Waals surface area contributed by atoms with Gasteiger partial charge in [0, 0.05) is 23.8 Å². The molecule has 0 aliphatic rings. The fourth-order valence-corrected chi connectivity index (χ4v) is 1.61. The summed E-state index contributed by atoms with van der Waals surface area (Å²) in [4.78, 5) is 4.19. The molecular weight excluding hydrogens is 238 g/mol. The molecule has 0 amide bonds. The van der Waals surface area contributed by atoms with Crippen LogP contribution in [0.1, 0.15) is 30.7 Å². The first kappa shape index (κ1) is 14.8. The number of nitrogens with zero attached hydrogens (tertiary/aromatic N) is 1. The number of nitrogens with one attached hydrogen (secondary N) is 1. The zero-order valence-electron chi connectivity index (χ0n) is 11.3. The Kier molecular flexibility index (Phi) is 5.47. The van der Waals surface area contributed by atoms with Gasteiger partial charge < -0.3 is 10.1 Å². The second kappa shape index (κ2) is 6.64. The monoisotopic (exact) mass is 258 g/mol. The molecule has 0 saturated heterocycles. The Labute approximate surface area is 107 Å². The summed E-state index contributed by atoms with van der Waals surface area (Å²) in [6.07, 6.45) is -2.49. The van der Waals surface area contributed by atoms with Gasteiger partial charge in [-0.3, -0.25) is 0 Å². The Morgan fingerprint density at radius 3 is 2.56 bits per heavy atom. The summed E-state index contributed by atoms with van der Waals surface area (Å²) in [7, 11) is 0. The van der Waals surface area contributed by atoms with Crippen LogP contribution < -0.4 is 10.1 Å². The normalized spacial score (nSPS) is 11.3. The summed E-state index contributed by atoms with van der Waals surface area (Å²) < 4.78 is 29.5. The van der Waals surface area contributed by atoms with Crippen LogP contribution in [0.3, 0.4) is 0 Å². The van der Waals surface area contributed by atoms with E-state index in [-0.39, 0.29) is 0 Å². The molecule has 5 heteroatoms. The third-order valence-electron chi connectivity index (χ3n) is 2.47. The first-order chi connectivity index (χ1) is 8.40. The molecule has 1 heterocycles. The Morgan fingerprint density at radius 2 is 2.00 bits per heavy atom. The summed E-state index contributed by atoms with van der Waals surface area (Å²) in [5.74, 6) is 0.306. The highest BCUT2D eigenvalue weighted by Crippen LogP contribution is 2.21. The van der Waals surface area contributed by atoms with E-state index in [1.54, 1.807) is 0 Å². The average Bonchev–Trinajstić information content (AvgIpc) is 2.24. The van der Waals surface area contributed by atoms with Crippen LogP contribution in [0.2, 0.25) is 0 Å². The number of halogens is 2. The minimum atomic E-state index is -2.49. The molecule has 102 valence electrons. The van der Waals surface area contributed by atoms with Crippen molar-refractivity contribution in [2.75, 3.05) is 6.61 Å². The molecule has 0 bridgehead atoms. The van der Waals surface area contributed by atoms with E-state index in [1.807, 2.05) is 33.8 Å². The second-order valence-corrected chi connectivity index (χ2v) is 4.60. The topological polar surface area (TPSA) is 34.1 Å². The van der Waals surface area contributed by atoms with Crippen LogP contribution >= 0.6 is 0 Å². The van der Waals surface area contributed by atoms with Crippen molar-refractivity contribution in [2.24, 2.45) is 0 Å². The van der Waals surface area contributed by atoms with Crippen LogP contribution in [-0.4, -0.2) is 24.1 Å². The number of alkyl halides is 2.